The highest BCUT2D eigenvalue weighted by Gasteiger charge is 2.30. The number of aromatic nitrogens is 3. The summed E-state index contributed by atoms with van der Waals surface area (Å²) in [5.74, 6) is 0. The Morgan fingerprint density at radius 2 is 1.93 bits per heavy atom. The maximum Gasteiger partial charge on any atom is 0.327 e. The lowest BCUT2D eigenvalue weighted by Gasteiger charge is -2.27. The molecule has 0 spiro atoms. The molecule has 0 fully saturated rings. The van der Waals surface area contributed by atoms with E-state index in [4.69, 9.17) is 0 Å². The highest BCUT2D eigenvalue weighted by molar-refractivity contribution is 7.89. The zero-order valence-electron chi connectivity index (χ0n) is 14.6. The normalized spacial score (nSPS) is 13.2. The number of sulfonamides is 1. The van der Waals surface area contributed by atoms with E-state index >= 15 is 0 Å². The topological polar surface area (TPSA) is 136 Å². The van der Waals surface area contributed by atoms with E-state index in [1.165, 1.54) is 7.05 Å². The highest BCUT2D eigenvalue weighted by atomic mass is 32.2. The number of rotatable bonds is 5. The molecular formula is C17H18N4O5S. The van der Waals surface area contributed by atoms with Crippen LogP contribution in [0.15, 0.2) is 51.0 Å². The van der Waals surface area contributed by atoms with E-state index in [0.717, 1.165) is 22.1 Å². The number of H-pyrrole nitrogens is 2. The molecule has 3 aromatic rings. The van der Waals surface area contributed by atoms with E-state index in [1.54, 1.807) is 12.1 Å². The minimum absolute atomic E-state index is 0.0111. The van der Waals surface area contributed by atoms with E-state index in [0.29, 0.717) is 5.56 Å². The molecule has 3 rings (SSSR count). The predicted molar refractivity (Wildman–Crippen MR) is 98.9 cm³/mol. The molecular weight excluding hydrogens is 372 g/mol. The van der Waals surface area contributed by atoms with Crippen molar-refractivity contribution in [3.05, 3.63) is 68.5 Å². The summed E-state index contributed by atoms with van der Waals surface area (Å²) in [7, 11) is -2.72. The average molecular weight is 390 g/mol. The van der Waals surface area contributed by atoms with Crippen LogP contribution in [0, 0.1) is 6.92 Å². The molecule has 0 aliphatic carbocycles. The molecule has 0 bridgehead atoms. The van der Waals surface area contributed by atoms with Crippen molar-refractivity contribution in [2.24, 2.45) is 0 Å². The van der Waals surface area contributed by atoms with E-state index in [2.05, 4.69) is 9.97 Å². The van der Waals surface area contributed by atoms with Gasteiger partial charge in [0.1, 0.15) is 10.5 Å². The summed E-state index contributed by atoms with van der Waals surface area (Å²) >= 11 is 0. The molecule has 0 aliphatic heterocycles. The van der Waals surface area contributed by atoms with Crippen LogP contribution in [0.2, 0.25) is 0 Å². The molecule has 2 aromatic heterocycles. The average Bonchev–Trinajstić information content (AvgIpc) is 2.63. The number of aliphatic hydroxyl groups excluding tert-OH is 1. The second kappa shape index (κ2) is 7.06. The molecule has 0 amide bonds. The van der Waals surface area contributed by atoms with Crippen molar-refractivity contribution in [1.82, 2.24) is 19.3 Å². The zero-order valence-corrected chi connectivity index (χ0v) is 15.4. The fourth-order valence-electron chi connectivity index (χ4n) is 2.87. The molecule has 1 unspecified atom stereocenters. The second-order valence-corrected chi connectivity index (χ2v) is 8.05. The third kappa shape index (κ3) is 3.42. The number of aliphatic hydroxyl groups is 1. The van der Waals surface area contributed by atoms with Gasteiger partial charge in [-0.15, -0.1) is 0 Å². The third-order valence-corrected chi connectivity index (χ3v) is 6.23. The number of hydrogen-bond donors (Lipinski definition) is 3. The van der Waals surface area contributed by atoms with Crippen LogP contribution in [-0.4, -0.2) is 46.4 Å². The van der Waals surface area contributed by atoms with Gasteiger partial charge in [-0.3, -0.25) is 14.8 Å². The Kier molecular flexibility index (Phi) is 4.96. The number of aryl methyl sites for hydroxylation is 1. The first-order valence-corrected chi connectivity index (χ1v) is 9.46. The highest BCUT2D eigenvalue weighted by Crippen LogP contribution is 2.28. The summed E-state index contributed by atoms with van der Waals surface area (Å²) in [4.78, 5) is 31.3. The van der Waals surface area contributed by atoms with Crippen molar-refractivity contribution in [3.8, 4) is 0 Å². The van der Waals surface area contributed by atoms with Gasteiger partial charge in [-0.1, -0.05) is 24.3 Å². The lowest BCUT2D eigenvalue weighted by atomic mass is 10.0. The number of fused-ring (bicyclic) bond motifs is 1. The van der Waals surface area contributed by atoms with Crippen molar-refractivity contribution in [1.29, 1.82) is 0 Å². The van der Waals surface area contributed by atoms with Gasteiger partial charge < -0.3 is 5.11 Å². The predicted octanol–water partition coefficient (Wildman–Crippen LogP) is 0.274. The van der Waals surface area contributed by atoms with Crippen LogP contribution < -0.4 is 11.2 Å². The first-order valence-electron chi connectivity index (χ1n) is 8.02. The number of benzene rings is 1. The van der Waals surface area contributed by atoms with Crippen molar-refractivity contribution in [2.75, 3.05) is 13.7 Å². The largest absolute Gasteiger partial charge is 0.394 e. The molecule has 0 saturated carbocycles. The van der Waals surface area contributed by atoms with Gasteiger partial charge in [0.15, 0.2) is 0 Å². The Hall–Kier alpha value is -2.82. The number of likely N-dealkylation sites (N-methyl/N-ethyl adjacent to an activating group) is 1. The van der Waals surface area contributed by atoms with E-state index in [-0.39, 0.29) is 15.9 Å². The maximum atomic E-state index is 13.0. The molecule has 0 saturated heterocycles. The molecule has 1 aromatic carbocycles. The van der Waals surface area contributed by atoms with Gasteiger partial charge in [0.05, 0.1) is 18.0 Å². The van der Waals surface area contributed by atoms with Crippen LogP contribution in [-0.2, 0) is 10.0 Å². The molecule has 2 heterocycles. The zero-order chi connectivity index (χ0) is 19.8. The molecule has 9 nitrogen and oxygen atoms in total. The summed E-state index contributed by atoms with van der Waals surface area (Å²) in [5, 5.41) is 9.76. The SMILES string of the molecule is Cc1ccccc1C(CO)N(C)S(=O)(=O)c1cnc2[nH]c(=O)[nH]c(=O)c2c1. The second-order valence-electron chi connectivity index (χ2n) is 6.05. The molecule has 27 heavy (non-hydrogen) atoms. The molecule has 10 heteroatoms. The van der Waals surface area contributed by atoms with Gasteiger partial charge in [-0.05, 0) is 24.1 Å². The summed E-state index contributed by atoms with van der Waals surface area (Å²) in [6.07, 6.45) is 1.07. The van der Waals surface area contributed by atoms with Gasteiger partial charge in [0.25, 0.3) is 5.56 Å². The molecule has 142 valence electrons. The van der Waals surface area contributed by atoms with Gasteiger partial charge in [-0.2, -0.15) is 4.31 Å². The van der Waals surface area contributed by atoms with Crippen LogP contribution in [0.25, 0.3) is 11.0 Å². The third-order valence-electron chi connectivity index (χ3n) is 4.40. The van der Waals surface area contributed by atoms with Crippen molar-refractivity contribution in [2.45, 2.75) is 17.9 Å². The molecule has 1 atom stereocenters. The number of pyridine rings is 1. The van der Waals surface area contributed by atoms with Crippen LogP contribution in [0.1, 0.15) is 17.2 Å². The van der Waals surface area contributed by atoms with Crippen molar-refractivity contribution >= 4 is 21.1 Å². The first-order chi connectivity index (χ1) is 12.8. The fourth-order valence-corrected chi connectivity index (χ4v) is 4.17. The standard InChI is InChI=1S/C17H18N4O5S/c1-10-5-3-4-6-12(10)14(9-22)21(2)27(25,26)11-7-13-15(18-8-11)19-17(24)20-16(13)23/h3-8,14,22H,9H2,1-2H3,(H2,18,19,20,23,24). The van der Waals surface area contributed by atoms with Gasteiger partial charge in [0, 0.05) is 13.2 Å². The maximum absolute atomic E-state index is 13.0. The number of aromatic amines is 2. The summed E-state index contributed by atoms with van der Waals surface area (Å²) in [6.45, 7) is 1.40. The van der Waals surface area contributed by atoms with E-state index in [9.17, 15) is 23.1 Å². The lowest BCUT2D eigenvalue weighted by molar-refractivity contribution is 0.203. The number of nitrogens with zero attached hydrogens (tertiary/aromatic N) is 2. The Labute approximate surface area is 154 Å². The van der Waals surface area contributed by atoms with E-state index in [1.807, 2.05) is 24.0 Å². The molecule has 0 aliphatic rings. The van der Waals surface area contributed by atoms with Crippen molar-refractivity contribution < 1.29 is 13.5 Å². The van der Waals surface area contributed by atoms with E-state index < -0.39 is 33.9 Å². The Morgan fingerprint density at radius 1 is 1.22 bits per heavy atom. The van der Waals surface area contributed by atoms with Crippen LogP contribution >= 0.6 is 0 Å². The minimum Gasteiger partial charge on any atom is -0.394 e. The van der Waals surface area contributed by atoms with Crippen LogP contribution in [0.4, 0.5) is 0 Å². The first kappa shape index (κ1) is 19.0. The quantitative estimate of drug-likeness (QED) is 0.572. The minimum atomic E-state index is -4.07. The summed E-state index contributed by atoms with van der Waals surface area (Å²) in [6, 6.07) is 7.50. The Morgan fingerprint density at radius 3 is 2.59 bits per heavy atom. The number of hydrogen-bond acceptors (Lipinski definition) is 6. The van der Waals surface area contributed by atoms with Gasteiger partial charge in [-0.25, -0.2) is 18.2 Å². The summed E-state index contributed by atoms with van der Waals surface area (Å²) in [5.41, 5.74) is 0.0282. The molecule has 0 radical (unpaired) electrons. The smallest absolute Gasteiger partial charge is 0.327 e. The monoisotopic (exact) mass is 390 g/mol. The molecule has 3 N–H and O–H groups in total. The Balaban J connectivity index is 2.10. The summed E-state index contributed by atoms with van der Waals surface area (Å²) < 4.78 is 27.1. The van der Waals surface area contributed by atoms with Crippen LogP contribution in [0.5, 0.6) is 0 Å². The number of nitrogens with one attached hydrogen (secondary N) is 2. The van der Waals surface area contributed by atoms with Gasteiger partial charge in [0.2, 0.25) is 10.0 Å². The van der Waals surface area contributed by atoms with Crippen LogP contribution in [0.3, 0.4) is 0 Å². The fraction of sp³-hybridized carbons (Fsp3) is 0.235. The lowest BCUT2D eigenvalue weighted by Crippen LogP contribution is -2.34. The van der Waals surface area contributed by atoms with Crippen molar-refractivity contribution in [3.63, 3.8) is 0 Å². The van der Waals surface area contributed by atoms with Gasteiger partial charge >= 0.3 is 5.69 Å². The Bertz CT molecular complexity index is 1220.